The van der Waals surface area contributed by atoms with Gasteiger partial charge in [-0.15, -0.1) is 0 Å². The number of furan rings is 1. The van der Waals surface area contributed by atoms with E-state index in [1.165, 1.54) is 6.92 Å². The monoisotopic (exact) mass is 180 g/mol. The maximum Gasteiger partial charge on any atom is 0.155 e. The summed E-state index contributed by atoms with van der Waals surface area (Å²) >= 11 is 0. The molecule has 1 heterocycles. The zero-order valence-corrected chi connectivity index (χ0v) is 8.63. The van der Waals surface area contributed by atoms with E-state index in [2.05, 4.69) is 0 Å². The average molecular weight is 180 g/mol. The van der Waals surface area contributed by atoms with Gasteiger partial charge >= 0.3 is 0 Å². The highest BCUT2D eigenvalue weighted by Crippen LogP contribution is 2.06. The van der Waals surface area contributed by atoms with Gasteiger partial charge in [0.15, 0.2) is 5.78 Å². The lowest BCUT2D eigenvalue weighted by Gasteiger charge is -1.90. The van der Waals surface area contributed by atoms with Gasteiger partial charge in [0.25, 0.3) is 0 Å². The van der Waals surface area contributed by atoms with Crippen molar-refractivity contribution in [2.24, 2.45) is 0 Å². The fourth-order valence-electron chi connectivity index (χ4n) is 0.688. The molecule has 0 aliphatic carbocycles. The van der Waals surface area contributed by atoms with Crippen LogP contribution < -0.4 is 0 Å². The van der Waals surface area contributed by atoms with Crippen LogP contribution in [0.5, 0.6) is 0 Å². The van der Waals surface area contributed by atoms with Gasteiger partial charge in [0, 0.05) is 0 Å². The van der Waals surface area contributed by atoms with Crippen molar-refractivity contribution in [1.29, 1.82) is 0 Å². The van der Waals surface area contributed by atoms with E-state index >= 15 is 0 Å². The number of hydrogen-bond donors (Lipinski definition) is 0. The minimum Gasteiger partial charge on any atom is -0.465 e. The fourth-order valence-corrected chi connectivity index (χ4v) is 0.688. The molecule has 0 fully saturated rings. The van der Waals surface area contributed by atoms with Crippen molar-refractivity contribution in [1.82, 2.24) is 0 Å². The minimum atomic E-state index is 0.0707. The molecular formula is C11H16O2. The first kappa shape index (κ1) is 11.7. The molecule has 0 atom stereocenters. The molecule has 0 spiro atoms. The van der Waals surface area contributed by atoms with Crippen LogP contribution in [0.15, 0.2) is 28.4 Å². The standard InChI is InChI=1S/C9H10O2.C2H6/c1-7(8(2)10)6-9-4-3-5-11-9;1-2/h3-6H,1-2H3;1-2H3/b7-6+;. The van der Waals surface area contributed by atoms with Crippen LogP contribution in [0.4, 0.5) is 0 Å². The lowest BCUT2D eigenvalue weighted by Crippen LogP contribution is -1.89. The predicted octanol–water partition coefficient (Wildman–Crippen LogP) is 3.30. The third kappa shape index (κ3) is 4.31. The molecule has 0 aliphatic heterocycles. The van der Waals surface area contributed by atoms with E-state index in [1.54, 1.807) is 25.3 Å². The Morgan fingerprint density at radius 3 is 2.38 bits per heavy atom. The van der Waals surface area contributed by atoms with Crippen molar-refractivity contribution in [2.45, 2.75) is 27.7 Å². The second-order valence-electron chi connectivity index (χ2n) is 2.40. The molecule has 0 saturated carbocycles. The molecule has 0 bridgehead atoms. The second kappa shape index (κ2) is 6.23. The van der Waals surface area contributed by atoms with Gasteiger partial charge in [-0.25, -0.2) is 0 Å². The summed E-state index contributed by atoms with van der Waals surface area (Å²) in [5, 5.41) is 0. The molecule has 2 nitrogen and oxygen atoms in total. The largest absolute Gasteiger partial charge is 0.465 e. The number of hydrogen-bond acceptors (Lipinski definition) is 2. The molecule has 13 heavy (non-hydrogen) atoms. The van der Waals surface area contributed by atoms with Crippen LogP contribution in [0.25, 0.3) is 6.08 Å². The maximum atomic E-state index is 10.8. The number of carbonyl (C=O) groups is 1. The van der Waals surface area contributed by atoms with Crippen molar-refractivity contribution in [3.63, 3.8) is 0 Å². The Balaban J connectivity index is 0.000000671. The minimum absolute atomic E-state index is 0.0707. The van der Waals surface area contributed by atoms with Crippen LogP contribution in [0.3, 0.4) is 0 Å². The smallest absolute Gasteiger partial charge is 0.155 e. The molecule has 0 saturated heterocycles. The van der Waals surface area contributed by atoms with E-state index in [4.69, 9.17) is 4.42 Å². The van der Waals surface area contributed by atoms with Crippen LogP contribution in [0.1, 0.15) is 33.5 Å². The Labute approximate surface area is 79.3 Å². The van der Waals surface area contributed by atoms with E-state index in [1.807, 2.05) is 19.9 Å². The van der Waals surface area contributed by atoms with Crippen molar-refractivity contribution >= 4 is 11.9 Å². The Morgan fingerprint density at radius 1 is 1.38 bits per heavy atom. The van der Waals surface area contributed by atoms with Gasteiger partial charge in [0.2, 0.25) is 0 Å². The third-order valence-corrected chi connectivity index (χ3v) is 1.46. The highest BCUT2D eigenvalue weighted by molar-refractivity contribution is 5.96. The SMILES string of the molecule is CC.CC(=O)/C(C)=C/c1ccco1. The lowest BCUT2D eigenvalue weighted by atomic mass is 10.2. The molecule has 1 rings (SSSR count). The molecule has 2 heteroatoms. The van der Waals surface area contributed by atoms with Crippen LogP contribution in [-0.2, 0) is 4.79 Å². The van der Waals surface area contributed by atoms with Crippen molar-refractivity contribution < 1.29 is 9.21 Å². The summed E-state index contributed by atoms with van der Waals surface area (Å²) < 4.78 is 5.03. The number of rotatable bonds is 2. The van der Waals surface area contributed by atoms with Crippen LogP contribution >= 0.6 is 0 Å². The van der Waals surface area contributed by atoms with Crippen molar-refractivity contribution in [3.8, 4) is 0 Å². The highest BCUT2D eigenvalue weighted by atomic mass is 16.3. The first-order valence-corrected chi connectivity index (χ1v) is 4.43. The van der Waals surface area contributed by atoms with Gasteiger partial charge in [0.1, 0.15) is 5.76 Å². The van der Waals surface area contributed by atoms with Gasteiger partial charge < -0.3 is 4.42 Å². The summed E-state index contributed by atoms with van der Waals surface area (Å²) in [5.41, 5.74) is 0.708. The lowest BCUT2D eigenvalue weighted by molar-refractivity contribution is -0.113. The molecule has 0 aromatic carbocycles. The fraction of sp³-hybridized carbons (Fsp3) is 0.364. The van der Waals surface area contributed by atoms with Gasteiger partial charge in [-0.05, 0) is 37.6 Å². The van der Waals surface area contributed by atoms with Gasteiger partial charge in [0.05, 0.1) is 6.26 Å². The maximum absolute atomic E-state index is 10.8. The molecule has 0 unspecified atom stereocenters. The van der Waals surface area contributed by atoms with Crippen molar-refractivity contribution in [2.75, 3.05) is 0 Å². The number of Topliss-reactive ketones (excluding diaryl/α,β-unsaturated/α-hetero) is 1. The normalized spacial score (nSPS) is 10.3. The first-order chi connectivity index (χ1) is 6.20. The molecule has 0 N–H and O–H groups in total. The van der Waals surface area contributed by atoms with E-state index < -0.39 is 0 Å². The zero-order valence-electron chi connectivity index (χ0n) is 8.63. The van der Waals surface area contributed by atoms with Crippen LogP contribution in [0.2, 0.25) is 0 Å². The second-order valence-corrected chi connectivity index (χ2v) is 2.40. The number of ketones is 1. The molecule has 72 valence electrons. The number of allylic oxidation sites excluding steroid dienone is 1. The molecule has 0 amide bonds. The van der Waals surface area contributed by atoms with E-state index in [9.17, 15) is 4.79 Å². The number of carbonyl (C=O) groups excluding carboxylic acids is 1. The first-order valence-electron chi connectivity index (χ1n) is 4.43. The Morgan fingerprint density at radius 2 is 2.00 bits per heavy atom. The van der Waals surface area contributed by atoms with Crippen molar-refractivity contribution in [3.05, 3.63) is 29.7 Å². The molecule has 1 aromatic heterocycles. The molecular weight excluding hydrogens is 164 g/mol. The predicted molar refractivity (Wildman–Crippen MR) is 54.4 cm³/mol. The van der Waals surface area contributed by atoms with E-state index in [0.717, 1.165) is 5.76 Å². The summed E-state index contributed by atoms with van der Waals surface area (Å²) in [6.45, 7) is 7.31. The van der Waals surface area contributed by atoms with E-state index in [-0.39, 0.29) is 5.78 Å². The summed E-state index contributed by atoms with van der Waals surface area (Å²) in [6, 6.07) is 3.60. The molecule has 0 radical (unpaired) electrons. The average Bonchev–Trinajstić information content (AvgIpc) is 2.60. The Hall–Kier alpha value is -1.31. The van der Waals surface area contributed by atoms with E-state index in [0.29, 0.717) is 5.57 Å². The quantitative estimate of drug-likeness (QED) is 0.654. The summed E-state index contributed by atoms with van der Waals surface area (Å²) in [6.07, 6.45) is 3.31. The van der Waals surface area contributed by atoms with Gasteiger partial charge in [-0.3, -0.25) is 4.79 Å². The highest BCUT2D eigenvalue weighted by Gasteiger charge is 1.96. The summed E-state index contributed by atoms with van der Waals surface area (Å²) in [4.78, 5) is 10.8. The summed E-state index contributed by atoms with van der Waals surface area (Å²) in [5.74, 6) is 0.791. The zero-order chi connectivity index (χ0) is 10.3. The van der Waals surface area contributed by atoms with Crippen LogP contribution in [0, 0.1) is 0 Å². The van der Waals surface area contributed by atoms with Gasteiger partial charge in [-0.2, -0.15) is 0 Å². The Bertz CT molecular complexity index is 268. The molecule has 1 aromatic rings. The van der Waals surface area contributed by atoms with Crippen LogP contribution in [-0.4, -0.2) is 5.78 Å². The topological polar surface area (TPSA) is 30.2 Å². The molecule has 0 aliphatic rings. The Kier molecular flexibility index (Phi) is 5.60. The summed E-state index contributed by atoms with van der Waals surface area (Å²) in [7, 11) is 0. The third-order valence-electron chi connectivity index (χ3n) is 1.46. The van der Waals surface area contributed by atoms with Gasteiger partial charge in [-0.1, -0.05) is 13.8 Å².